The minimum atomic E-state index is -4.30. The molecule has 18 heavy (non-hydrogen) atoms. The molecule has 1 aliphatic heterocycles. The van der Waals surface area contributed by atoms with E-state index in [2.05, 4.69) is 11.4 Å². The summed E-state index contributed by atoms with van der Waals surface area (Å²) in [5.41, 5.74) is 0.467. The number of rotatable bonds is 3. The van der Waals surface area contributed by atoms with E-state index in [0.717, 1.165) is 37.2 Å². The fourth-order valence-electron chi connectivity index (χ4n) is 1.73. The maximum atomic E-state index is 12.3. The highest BCUT2D eigenvalue weighted by molar-refractivity contribution is 5.29. The van der Waals surface area contributed by atoms with Crippen molar-refractivity contribution in [3.05, 3.63) is 41.5 Å². The summed E-state index contributed by atoms with van der Waals surface area (Å²) in [6.45, 7) is 2.16. The Morgan fingerprint density at radius 3 is 2.44 bits per heavy atom. The highest BCUT2D eigenvalue weighted by Gasteiger charge is 2.29. The first kappa shape index (κ1) is 13.0. The molecular weight excluding hydrogens is 243 g/mol. The van der Waals surface area contributed by atoms with Gasteiger partial charge in [0.2, 0.25) is 0 Å². The molecule has 0 spiro atoms. The Labute approximate surface area is 103 Å². The van der Waals surface area contributed by atoms with Gasteiger partial charge in [0.1, 0.15) is 12.4 Å². The molecule has 0 aliphatic carbocycles. The standard InChI is InChI=1S/C13H14F3NO/c14-13(15,16)11-3-5-12(6-4-11)18-9-10-2-1-7-17-8-10/h2-6,17H,1,7-9H2. The van der Waals surface area contributed by atoms with Crippen molar-refractivity contribution in [3.63, 3.8) is 0 Å². The fraction of sp³-hybridized carbons (Fsp3) is 0.385. The summed E-state index contributed by atoms with van der Waals surface area (Å²) in [5.74, 6) is 0.453. The van der Waals surface area contributed by atoms with Gasteiger partial charge in [0, 0.05) is 6.54 Å². The lowest BCUT2D eigenvalue weighted by molar-refractivity contribution is -0.137. The van der Waals surface area contributed by atoms with Crippen LogP contribution in [-0.2, 0) is 6.18 Å². The number of hydrogen-bond donors (Lipinski definition) is 1. The molecule has 0 bridgehead atoms. The first-order chi connectivity index (χ1) is 8.55. The van der Waals surface area contributed by atoms with Crippen molar-refractivity contribution in [2.45, 2.75) is 12.6 Å². The molecule has 1 aliphatic rings. The van der Waals surface area contributed by atoms with Gasteiger partial charge in [-0.2, -0.15) is 13.2 Å². The molecule has 1 aromatic rings. The van der Waals surface area contributed by atoms with Crippen molar-refractivity contribution in [2.24, 2.45) is 0 Å². The van der Waals surface area contributed by atoms with Crippen molar-refractivity contribution in [1.82, 2.24) is 5.32 Å². The third kappa shape index (κ3) is 3.50. The first-order valence-corrected chi connectivity index (χ1v) is 5.74. The molecule has 0 saturated heterocycles. The van der Waals surface area contributed by atoms with Gasteiger partial charge in [-0.25, -0.2) is 0 Å². The molecule has 0 unspecified atom stereocenters. The fourth-order valence-corrected chi connectivity index (χ4v) is 1.73. The van der Waals surface area contributed by atoms with E-state index in [0.29, 0.717) is 12.4 Å². The number of ether oxygens (including phenoxy) is 1. The van der Waals surface area contributed by atoms with Crippen LogP contribution < -0.4 is 10.1 Å². The van der Waals surface area contributed by atoms with Crippen LogP contribution in [0, 0.1) is 0 Å². The van der Waals surface area contributed by atoms with Crippen LogP contribution >= 0.6 is 0 Å². The van der Waals surface area contributed by atoms with Gasteiger partial charge in [-0.05, 0) is 42.8 Å². The number of nitrogens with one attached hydrogen (secondary N) is 1. The second kappa shape index (κ2) is 5.44. The molecule has 1 N–H and O–H groups in total. The topological polar surface area (TPSA) is 21.3 Å². The van der Waals surface area contributed by atoms with Crippen LogP contribution in [0.25, 0.3) is 0 Å². The molecule has 0 saturated carbocycles. The molecule has 0 fully saturated rings. The van der Waals surface area contributed by atoms with Crippen molar-refractivity contribution in [3.8, 4) is 5.75 Å². The van der Waals surface area contributed by atoms with E-state index in [4.69, 9.17) is 4.74 Å². The SMILES string of the molecule is FC(F)(F)c1ccc(OCC2=CCCNC2)cc1. The Morgan fingerprint density at radius 2 is 1.89 bits per heavy atom. The second-order valence-electron chi connectivity index (χ2n) is 4.14. The van der Waals surface area contributed by atoms with Crippen LogP contribution in [0.15, 0.2) is 35.9 Å². The lowest BCUT2D eigenvalue weighted by atomic mass is 10.1. The quantitative estimate of drug-likeness (QED) is 0.840. The minimum absolute atomic E-state index is 0.415. The van der Waals surface area contributed by atoms with Crippen LogP contribution in [-0.4, -0.2) is 19.7 Å². The van der Waals surface area contributed by atoms with Crippen LogP contribution in [0.3, 0.4) is 0 Å². The van der Waals surface area contributed by atoms with E-state index in [1.54, 1.807) is 0 Å². The van der Waals surface area contributed by atoms with Gasteiger partial charge < -0.3 is 10.1 Å². The predicted octanol–water partition coefficient (Wildman–Crippen LogP) is 3.00. The third-order valence-corrected chi connectivity index (χ3v) is 2.71. The van der Waals surface area contributed by atoms with Gasteiger partial charge in [0.25, 0.3) is 0 Å². The molecule has 98 valence electrons. The molecule has 2 nitrogen and oxygen atoms in total. The Kier molecular flexibility index (Phi) is 3.91. The van der Waals surface area contributed by atoms with Crippen LogP contribution in [0.2, 0.25) is 0 Å². The summed E-state index contributed by atoms with van der Waals surface area (Å²) < 4.78 is 42.5. The summed E-state index contributed by atoms with van der Waals surface area (Å²) in [6.07, 6.45) is -1.24. The zero-order chi connectivity index (χ0) is 13.0. The molecular formula is C13H14F3NO. The van der Waals surface area contributed by atoms with Crippen LogP contribution in [0.4, 0.5) is 13.2 Å². The molecule has 1 aromatic carbocycles. The summed E-state index contributed by atoms with van der Waals surface area (Å²) in [4.78, 5) is 0. The molecule has 1 heterocycles. The molecule has 0 amide bonds. The van der Waals surface area contributed by atoms with E-state index in [1.165, 1.54) is 12.1 Å². The zero-order valence-electron chi connectivity index (χ0n) is 9.76. The minimum Gasteiger partial charge on any atom is -0.489 e. The number of benzene rings is 1. The predicted molar refractivity (Wildman–Crippen MR) is 62.5 cm³/mol. The summed E-state index contributed by atoms with van der Waals surface area (Å²) in [7, 11) is 0. The first-order valence-electron chi connectivity index (χ1n) is 5.74. The summed E-state index contributed by atoms with van der Waals surface area (Å²) in [5, 5.41) is 3.20. The van der Waals surface area contributed by atoms with Gasteiger partial charge in [0.05, 0.1) is 5.56 Å². The maximum Gasteiger partial charge on any atom is 0.416 e. The van der Waals surface area contributed by atoms with Gasteiger partial charge in [-0.3, -0.25) is 0 Å². The van der Waals surface area contributed by atoms with Crippen molar-refractivity contribution >= 4 is 0 Å². The molecule has 0 atom stereocenters. The molecule has 5 heteroatoms. The Hall–Kier alpha value is -1.49. The highest BCUT2D eigenvalue weighted by atomic mass is 19.4. The molecule has 0 radical (unpaired) electrons. The summed E-state index contributed by atoms with van der Waals surface area (Å²) >= 11 is 0. The molecule has 0 aromatic heterocycles. The molecule has 2 rings (SSSR count). The Balaban J connectivity index is 1.92. The lowest BCUT2D eigenvalue weighted by Crippen LogP contribution is -2.24. The zero-order valence-corrected chi connectivity index (χ0v) is 9.76. The number of hydrogen-bond acceptors (Lipinski definition) is 2. The normalized spacial score (nSPS) is 16.3. The van der Waals surface area contributed by atoms with E-state index in [9.17, 15) is 13.2 Å². The van der Waals surface area contributed by atoms with Gasteiger partial charge in [-0.1, -0.05) is 6.08 Å². The maximum absolute atomic E-state index is 12.3. The van der Waals surface area contributed by atoms with Crippen molar-refractivity contribution < 1.29 is 17.9 Å². The van der Waals surface area contributed by atoms with E-state index >= 15 is 0 Å². The Bertz CT molecular complexity index is 423. The van der Waals surface area contributed by atoms with Crippen LogP contribution in [0.5, 0.6) is 5.75 Å². The summed E-state index contributed by atoms with van der Waals surface area (Å²) in [6, 6.07) is 4.75. The number of halogens is 3. The van der Waals surface area contributed by atoms with Gasteiger partial charge in [-0.15, -0.1) is 0 Å². The van der Waals surface area contributed by atoms with Crippen molar-refractivity contribution in [2.75, 3.05) is 19.7 Å². The Morgan fingerprint density at radius 1 is 1.17 bits per heavy atom. The lowest BCUT2D eigenvalue weighted by Gasteiger charge is -2.15. The number of alkyl halides is 3. The largest absolute Gasteiger partial charge is 0.489 e. The van der Waals surface area contributed by atoms with Gasteiger partial charge >= 0.3 is 6.18 Å². The smallest absolute Gasteiger partial charge is 0.416 e. The monoisotopic (exact) mass is 257 g/mol. The second-order valence-corrected chi connectivity index (χ2v) is 4.14. The van der Waals surface area contributed by atoms with Crippen molar-refractivity contribution in [1.29, 1.82) is 0 Å². The van der Waals surface area contributed by atoms with E-state index in [-0.39, 0.29) is 0 Å². The van der Waals surface area contributed by atoms with Gasteiger partial charge in [0.15, 0.2) is 0 Å². The van der Waals surface area contributed by atoms with E-state index in [1.807, 2.05) is 0 Å². The third-order valence-electron chi connectivity index (χ3n) is 2.71. The average molecular weight is 257 g/mol. The van der Waals surface area contributed by atoms with Crippen LogP contribution in [0.1, 0.15) is 12.0 Å². The van der Waals surface area contributed by atoms with E-state index < -0.39 is 11.7 Å². The average Bonchev–Trinajstić information content (AvgIpc) is 2.37. The highest BCUT2D eigenvalue weighted by Crippen LogP contribution is 2.30.